The predicted octanol–water partition coefficient (Wildman–Crippen LogP) is 4.63. The van der Waals surface area contributed by atoms with Crippen LogP contribution in [0.4, 0.5) is 0 Å². The number of allylic oxidation sites excluding steroid dienone is 1. The predicted molar refractivity (Wildman–Crippen MR) is 114 cm³/mol. The Morgan fingerprint density at radius 2 is 1.87 bits per heavy atom. The Morgan fingerprint density at radius 3 is 2.70 bits per heavy atom. The zero-order valence-corrected chi connectivity index (χ0v) is 16.2. The molecular weight excluding hydrogens is 378 g/mol. The molecule has 0 bridgehead atoms. The van der Waals surface area contributed by atoms with Crippen LogP contribution in [-0.2, 0) is 11.2 Å². The van der Waals surface area contributed by atoms with Crippen molar-refractivity contribution in [2.45, 2.75) is 6.42 Å². The van der Waals surface area contributed by atoms with Gasteiger partial charge in [-0.3, -0.25) is 9.78 Å². The molecular formula is C24H17N3O3. The third-order valence-corrected chi connectivity index (χ3v) is 4.93. The zero-order valence-electron chi connectivity index (χ0n) is 16.2. The molecule has 0 radical (unpaired) electrons. The Hall–Kier alpha value is -4.06. The normalized spacial score (nSPS) is 12.6. The Kier molecular flexibility index (Phi) is 4.44. The van der Waals surface area contributed by atoms with Gasteiger partial charge in [0, 0.05) is 24.4 Å². The maximum absolute atomic E-state index is 11.6. The summed E-state index contributed by atoms with van der Waals surface area (Å²) in [6.45, 7) is 0. The van der Waals surface area contributed by atoms with E-state index in [1.165, 1.54) is 0 Å². The molecule has 6 nitrogen and oxygen atoms in total. The van der Waals surface area contributed by atoms with E-state index >= 15 is 0 Å². The van der Waals surface area contributed by atoms with Gasteiger partial charge >= 0.3 is 0 Å². The molecule has 0 aliphatic heterocycles. The van der Waals surface area contributed by atoms with Crippen molar-refractivity contribution in [1.29, 1.82) is 0 Å². The summed E-state index contributed by atoms with van der Waals surface area (Å²) in [5.41, 5.74) is 3.49. The number of ether oxygens (including phenoxy) is 2. The number of hydrogen-bond acceptors (Lipinski definition) is 6. The van der Waals surface area contributed by atoms with E-state index in [0.29, 0.717) is 29.6 Å². The van der Waals surface area contributed by atoms with E-state index in [0.717, 1.165) is 27.6 Å². The molecule has 2 aromatic carbocycles. The first-order valence-electron chi connectivity index (χ1n) is 9.47. The quantitative estimate of drug-likeness (QED) is 0.502. The second kappa shape index (κ2) is 7.40. The first-order valence-corrected chi connectivity index (χ1v) is 9.47. The Balaban J connectivity index is 1.62. The van der Waals surface area contributed by atoms with E-state index in [4.69, 9.17) is 9.47 Å². The van der Waals surface area contributed by atoms with Gasteiger partial charge in [-0.2, -0.15) is 4.98 Å². The summed E-state index contributed by atoms with van der Waals surface area (Å²) in [6, 6.07) is 15.0. The van der Waals surface area contributed by atoms with Crippen molar-refractivity contribution in [3.05, 3.63) is 78.1 Å². The van der Waals surface area contributed by atoms with Gasteiger partial charge in [-0.25, -0.2) is 4.98 Å². The maximum atomic E-state index is 11.6. The lowest BCUT2D eigenvalue weighted by Crippen LogP contribution is -2.05. The highest BCUT2D eigenvalue weighted by Gasteiger charge is 2.15. The van der Waals surface area contributed by atoms with Crippen LogP contribution in [0.2, 0.25) is 0 Å². The van der Waals surface area contributed by atoms with Crippen molar-refractivity contribution in [3.8, 4) is 28.8 Å². The molecule has 146 valence electrons. The number of methoxy groups -OCH3 is 1. The van der Waals surface area contributed by atoms with Crippen LogP contribution in [0, 0.1) is 0 Å². The average molecular weight is 395 g/mol. The number of carbonyl (C=O) groups excluding carboxylic acids is 1. The fourth-order valence-corrected chi connectivity index (χ4v) is 3.40. The van der Waals surface area contributed by atoms with Crippen LogP contribution in [0.25, 0.3) is 28.4 Å². The second-order valence-corrected chi connectivity index (χ2v) is 6.92. The molecule has 0 saturated heterocycles. The van der Waals surface area contributed by atoms with E-state index in [1.54, 1.807) is 25.6 Å². The summed E-state index contributed by atoms with van der Waals surface area (Å²) < 4.78 is 11.6. The Morgan fingerprint density at radius 1 is 0.967 bits per heavy atom. The maximum Gasteiger partial charge on any atom is 0.230 e. The molecule has 30 heavy (non-hydrogen) atoms. The molecule has 0 spiro atoms. The number of pyridine rings is 1. The smallest absolute Gasteiger partial charge is 0.230 e. The van der Waals surface area contributed by atoms with Gasteiger partial charge in [0.15, 0.2) is 11.6 Å². The zero-order chi connectivity index (χ0) is 20.5. The third kappa shape index (κ3) is 3.39. The van der Waals surface area contributed by atoms with E-state index in [1.807, 2.05) is 54.6 Å². The molecule has 0 fully saturated rings. The molecule has 0 amide bonds. The summed E-state index contributed by atoms with van der Waals surface area (Å²) in [4.78, 5) is 25.1. The van der Waals surface area contributed by atoms with Crippen molar-refractivity contribution in [3.63, 3.8) is 0 Å². The molecule has 0 saturated carbocycles. The van der Waals surface area contributed by atoms with Gasteiger partial charge < -0.3 is 9.47 Å². The third-order valence-electron chi connectivity index (χ3n) is 4.93. The molecule has 2 heterocycles. The fraction of sp³-hybridized carbons (Fsp3) is 0.0833. The Bertz CT molecular complexity index is 1300. The van der Waals surface area contributed by atoms with Crippen LogP contribution in [0.15, 0.2) is 67.0 Å². The highest BCUT2D eigenvalue weighted by atomic mass is 16.5. The first-order chi connectivity index (χ1) is 14.7. The number of benzene rings is 2. The largest absolute Gasteiger partial charge is 0.497 e. The summed E-state index contributed by atoms with van der Waals surface area (Å²) in [5.74, 6) is 2.38. The van der Waals surface area contributed by atoms with Crippen LogP contribution < -0.4 is 9.47 Å². The lowest BCUT2D eigenvalue weighted by atomic mass is 9.96. The summed E-state index contributed by atoms with van der Waals surface area (Å²) in [5, 5.41) is 0.741. The monoisotopic (exact) mass is 395 g/mol. The number of ketones is 1. The fourth-order valence-electron chi connectivity index (χ4n) is 3.40. The van der Waals surface area contributed by atoms with Gasteiger partial charge in [0.05, 0.1) is 18.0 Å². The van der Waals surface area contributed by atoms with Crippen molar-refractivity contribution < 1.29 is 14.3 Å². The number of aromatic nitrogens is 3. The number of nitrogens with zero attached hydrogens (tertiary/aromatic N) is 3. The molecule has 1 aliphatic rings. The van der Waals surface area contributed by atoms with Crippen LogP contribution in [0.5, 0.6) is 17.4 Å². The lowest BCUT2D eigenvalue weighted by molar-refractivity contribution is -0.114. The van der Waals surface area contributed by atoms with Crippen molar-refractivity contribution >= 4 is 22.8 Å². The van der Waals surface area contributed by atoms with Gasteiger partial charge in [0.25, 0.3) is 0 Å². The van der Waals surface area contributed by atoms with E-state index in [2.05, 4.69) is 15.0 Å². The number of hydrogen-bond donors (Lipinski definition) is 0. The summed E-state index contributed by atoms with van der Waals surface area (Å²) in [6.07, 6.45) is 7.24. The Labute approximate surface area is 172 Å². The van der Waals surface area contributed by atoms with Gasteiger partial charge in [0.1, 0.15) is 11.5 Å². The van der Waals surface area contributed by atoms with Gasteiger partial charge in [-0.1, -0.05) is 12.1 Å². The molecule has 0 N–H and O–H groups in total. The highest BCUT2D eigenvalue weighted by molar-refractivity contribution is 5.98. The van der Waals surface area contributed by atoms with Crippen molar-refractivity contribution in [2.75, 3.05) is 7.11 Å². The standard InChI is InChI=1S/C24H17N3O3/c1-29-19-8-9-22-21(13-19)24(27-23(26-22)17-3-2-10-25-14-17)30-20-7-5-15-11-18(28)6-4-16(15)12-20/h2-10,12-14H,11H2,1H3. The molecule has 1 aliphatic carbocycles. The molecule has 2 aromatic heterocycles. The SMILES string of the molecule is COc1ccc2nc(-c3cccnc3)nc(Oc3ccc4c(c3)C=CC(=O)C4)c2c1. The number of fused-ring (bicyclic) bond motifs is 2. The molecule has 0 unspecified atom stereocenters. The van der Waals surface area contributed by atoms with E-state index in [-0.39, 0.29) is 5.78 Å². The lowest BCUT2D eigenvalue weighted by Gasteiger charge is -2.14. The highest BCUT2D eigenvalue weighted by Crippen LogP contribution is 2.33. The van der Waals surface area contributed by atoms with Crippen LogP contribution in [0.3, 0.4) is 0 Å². The van der Waals surface area contributed by atoms with Crippen LogP contribution >= 0.6 is 0 Å². The van der Waals surface area contributed by atoms with Gasteiger partial charge in [-0.05, 0) is 59.7 Å². The van der Waals surface area contributed by atoms with E-state index < -0.39 is 0 Å². The van der Waals surface area contributed by atoms with E-state index in [9.17, 15) is 4.79 Å². The minimum Gasteiger partial charge on any atom is -0.497 e. The minimum atomic E-state index is 0.103. The topological polar surface area (TPSA) is 74.2 Å². The van der Waals surface area contributed by atoms with Crippen LogP contribution in [0.1, 0.15) is 11.1 Å². The molecule has 0 atom stereocenters. The average Bonchev–Trinajstić information content (AvgIpc) is 2.79. The molecule has 5 rings (SSSR count). The number of carbonyl (C=O) groups is 1. The summed E-state index contributed by atoms with van der Waals surface area (Å²) >= 11 is 0. The van der Waals surface area contributed by atoms with Crippen molar-refractivity contribution in [2.24, 2.45) is 0 Å². The number of rotatable bonds is 4. The van der Waals surface area contributed by atoms with Gasteiger partial charge in [0.2, 0.25) is 5.88 Å². The van der Waals surface area contributed by atoms with Gasteiger partial charge in [-0.15, -0.1) is 0 Å². The van der Waals surface area contributed by atoms with Crippen LogP contribution in [-0.4, -0.2) is 27.8 Å². The first kappa shape index (κ1) is 18.0. The minimum absolute atomic E-state index is 0.103. The molecule has 6 heteroatoms. The molecule has 4 aromatic rings. The van der Waals surface area contributed by atoms with Crippen molar-refractivity contribution in [1.82, 2.24) is 15.0 Å². The summed E-state index contributed by atoms with van der Waals surface area (Å²) in [7, 11) is 1.61. The second-order valence-electron chi connectivity index (χ2n) is 6.92.